The lowest BCUT2D eigenvalue weighted by Gasteiger charge is -2.18. The van der Waals surface area contributed by atoms with E-state index in [4.69, 9.17) is 4.74 Å². The summed E-state index contributed by atoms with van der Waals surface area (Å²) in [5.74, 6) is 0.689. The van der Waals surface area contributed by atoms with Crippen LogP contribution in [0.4, 0.5) is 5.82 Å². The third-order valence-electron chi connectivity index (χ3n) is 4.28. The highest BCUT2D eigenvalue weighted by Crippen LogP contribution is 2.25. The molecule has 0 saturated carbocycles. The van der Waals surface area contributed by atoms with Crippen molar-refractivity contribution >= 4 is 17.6 Å². The van der Waals surface area contributed by atoms with Crippen molar-refractivity contribution in [3.63, 3.8) is 0 Å². The number of anilines is 1. The number of amides is 2. The molecular formula is C19H21N3O3. The van der Waals surface area contributed by atoms with E-state index < -0.39 is 0 Å². The number of likely N-dealkylation sites (tertiary alicyclic amines) is 1. The molecule has 2 heterocycles. The summed E-state index contributed by atoms with van der Waals surface area (Å²) in [6.45, 7) is 2.70. The molecule has 6 heteroatoms. The Kier molecular flexibility index (Phi) is 4.97. The lowest BCUT2D eigenvalue weighted by molar-refractivity contribution is -0.128. The monoisotopic (exact) mass is 339 g/mol. The first-order valence-corrected chi connectivity index (χ1v) is 8.21. The van der Waals surface area contributed by atoms with Gasteiger partial charge in [0.05, 0.1) is 13.0 Å². The number of aryl methyl sites for hydroxylation is 1. The van der Waals surface area contributed by atoms with Crippen LogP contribution in [-0.2, 0) is 16.1 Å². The quantitative estimate of drug-likeness (QED) is 0.908. The molecule has 1 aliphatic heterocycles. The zero-order valence-electron chi connectivity index (χ0n) is 14.4. The van der Waals surface area contributed by atoms with Crippen LogP contribution in [0.3, 0.4) is 0 Å². The molecule has 0 unspecified atom stereocenters. The Morgan fingerprint density at radius 1 is 1.28 bits per heavy atom. The average molecular weight is 339 g/mol. The summed E-state index contributed by atoms with van der Waals surface area (Å²) >= 11 is 0. The number of hydrogen-bond donors (Lipinski definition) is 1. The minimum absolute atomic E-state index is 0.0248. The SMILES string of the molecule is COc1ccccc1CN1C[C@@H](C(=O)Nc2cccc(C)n2)CC1=O. The van der Waals surface area contributed by atoms with Gasteiger partial charge in [0.1, 0.15) is 11.6 Å². The van der Waals surface area contributed by atoms with E-state index in [-0.39, 0.29) is 24.2 Å². The number of hydrogen-bond acceptors (Lipinski definition) is 4. The molecule has 1 saturated heterocycles. The molecule has 3 rings (SSSR count). The summed E-state index contributed by atoms with van der Waals surface area (Å²) in [5.41, 5.74) is 1.76. The fourth-order valence-corrected chi connectivity index (χ4v) is 2.98. The van der Waals surface area contributed by atoms with E-state index in [1.54, 1.807) is 18.1 Å². The maximum atomic E-state index is 12.4. The number of rotatable bonds is 5. The number of aromatic nitrogens is 1. The number of carbonyl (C=O) groups is 2. The predicted octanol–water partition coefficient (Wildman–Crippen LogP) is 2.39. The molecule has 1 aromatic carbocycles. The Balaban J connectivity index is 1.64. The van der Waals surface area contributed by atoms with Crippen molar-refractivity contribution < 1.29 is 14.3 Å². The number of nitrogens with one attached hydrogen (secondary N) is 1. The molecule has 1 aliphatic rings. The highest BCUT2D eigenvalue weighted by molar-refractivity contribution is 5.96. The second kappa shape index (κ2) is 7.34. The summed E-state index contributed by atoms with van der Waals surface area (Å²) in [4.78, 5) is 30.7. The fourth-order valence-electron chi connectivity index (χ4n) is 2.98. The Morgan fingerprint density at radius 2 is 2.08 bits per heavy atom. The maximum absolute atomic E-state index is 12.4. The van der Waals surface area contributed by atoms with Gasteiger partial charge in [-0.25, -0.2) is 4.98 Å². The van der Waals surface area contributed by atoms with Gasteiger partial charge in [-0.15, -0.1) is 0 Å². The van der Waals surface area contributed by atoms with Crippen molar-refractivity contribution in [3.05, 3.63) is 53.7 Å². The summed E-state index contributed by atoms with van der Waals surface area (Å²) in [7, 11) is 1.61. The van der Waals surface area contributed by atoms with Gasteiger partial charge in [-0.3, -0.25) is 9.59 Å². The van der Waals surface area contributed by atoms with Crippen molar-refractivity contribution in [1.29, 1.82) is 0 Å². The first kappa shape index (κ1) is 17.0. The molecule has 0 radical (unpaired) electrons. The topological polar surface area (TPSA) is 71.5 Å². The summed E-state index contributed by atoms with van der Waals surface area (Å²) in [6.07, 6.45) is 0.215. The van der Waals surface area contributed by atoms with E-state index in [1.165, 1.54) is 0 Å². The summed E-state index contributed by atoms with van der Waals surface area (Å²) < 4.78 is 5.33. The molecular weight excluding hydrogens is 318 g/mol. The normalized spacial score (nSPS) is 16.8. The van der Waals surface area contributed by atoms with Crippen LogP contribution in [0.25, 0.3) is 0 Å². The van der Waals surface area contributed by atoms with Crippen LogP contribution in [0.15, 0.2) is 42.5 Å². The zero-order valence-corrected chi connectivity index (χ0v) is 14.4. The smallest absolute Gasteiger partial charge is 0.230 e. The molecule has 0 spiro atoms. The first-order valence-electron chi connectivity index (χ1n) is 8.21. The molecule has 1 N–H and O–H groups in total. The van der Waals surface area contributed by atoms with Crippen LogP contribution in [0.1, 0.15) is 17.7 Å². The van der Waals surface area contributed by atoms with Crippen molar-refractivity contribution in [2.24, 2.45) is 5.92 Å². The number of methoxy groups -OCH3 is 1. The third-order valence-corrected chi connectivity index (χ3v) is 4.28. The standard InChI is InChI=1S/C19H21N3O3/c1-13-6-5-9-17(20-13)21-19(24)15-10-18(23)22(12-15)11-14-7-3-4-8-16(14)25-2/h3-9,15H,10-12H2,1-2H3,(H,20,21,24)/t15-/m0/s1. The largest absolute Gasteiger partial charge is 0.496 e. The molecule has 25 heavy (non-hydrogen) atoms. The number of para-hydroxylation sites is 1. The van der Waals surface area contributed by atoms with E-state index in [1.807, 2.05) is 43.3 Å². The Bertz CT molecular complexity index is 791. The Labute approximate surface area is 146 Å². The van der Waals surface area contributed by atoms with E-state index >= 15 is 0 Å². The third kappa shape index (κ3) is 3.96. The molecule has 2 aromatic rings. The van der Waals surface area contributed by atoms with Crippen molar-refractivity contribution in [2.45, 2.75) is 19.9 Å². The second-order valence-corrected chi connectivity index (χ2v) is 6.14. The number of carbonyl (C=O) groups excluding carboxylic acids is 2. The lowest BCUT2D eigenvalue weighted by atomic mass is 10.1. The number of ether oxygens (including phenoxy) is 1. The fraction of sp³-hybridized carbons (Fsp3) is 0.316. The van der Waals surface area contributed by atoms with Crippen LogP contribution in [0.2, 0.25) is 0 Å². The highest BCUT2D eigenvalue weighted by Gasteiger charge is 2.34. The van der Waals surface area contributed by atoms with Gasteiger partial charge in [-0.2, -0.15) is 0 Å². The van der Waals surface area contributed by atoms with Gasteiger partial charge in [0, 0.05) is 30.8 Å². The number of benzene rings is 1. The van der Waals surface area contributed by atoms with E-state index in [2.05, 4.69) is 10.3 Å². The van der Waals surface area contributed by atoms with Crippen LogP contribution in [0.5, 0.6) is 5.75 Å². The van der Waals surface area contributed by atoms with Gasteiger partial charge < -0.3 is 15.0 Å². The predicted molar refractivity (Wildman–Crippen MR) is 94.1 cm³/mol. The highest BCUT2D eigenvalue weighted by atomic mass is 16.5. The molecule has 1 fully saturated rings. The van der Waals surface area contributed by atoms with Crippen molar-refractivity contribution in [2.75, 3.05) is 19.0 Å². The summed E-state index contributed by atoms with van der Waals surface area (Å²) in [5, 5.41) is 2.80. The average Bonchev–Trinajstić information content (AvgIpc) is 2.96. The molecule has 2 amide bonds. The molecule has 0 aliphatic carbocycles. The van der Waals surface area contributed by atoms with E-state index in [0.29, 0.717) is 18.9 Å². The Hall–Kier alpha value is -2.89. The van der Waals surface area contributed by atoms with Gasteiger partial charge in [0.15, 0.2) is 0 Å². The molecule has 1 aromatic heterocycles. The minimum Gasteiger partial charge on any atom is -0.496 e. The second-order valence-electron chi connectivity index (χ2n) is 6.14. The number of pyridine rings is 1. The van der Waals surface area contributed by atoms with Crippen LogP contribution in [0, 0.1) is 12.8 Å². The van der Waals surface area contributed by atoms with Crippen molar-refractivity contribution in [1.82, 2.24) is 9.88 Å². The zero-order chi connectivity index (χ0) is 17.8. The Morgan fingerprint density at radius 3 is 2.84 bits per heavy atom. The van der Waals surface area contributed by atoms with Gasteiger partial charge in [0.2, 0.25) is 11.8 Å². The molecule has 6 nitrogen and oxygen atoms in total. The summed E-state index contributed by atoms with van der Waals surface area (Å²) in [6, 6.07) is 13.0. The van der Waals surface area contributed by atoms with Crippen molar-refractivity contribution in [3.8, 4) is 5.75 Å². The van der Waals surface area contributed by atoms with E-state index in [0.717, 1.165) is 17.0 Å². The van der Waals surface area contributed by atoms with Crippen LogP contribution < -0.4 is 10.1 Å². The van der Waals surface area contributed by atoms with Crippen LogP contribution in [-0.4, -0.2) is 35.4 Å². The van der Waals surface area contributed by atoms with Gasteiger partial charge in [-0.05, 0) is 25.1 Å². The lowest BCUT2D eigenvalue weighted by Crippen LogP contribution is -2.28. The minimum atomic E-state index is -0.371. The van der Waals surface area contributed by atoms with Gasteiger partial charge in [0.25, 0.3) is 0 Å². The molecule has 1 atom stereocenters. The molecule has 130 valence electrons. The number of nitrogens with zero attached hydrogens (tertiary/aromatic N) is 2. The van der Waals surface area contributed by atoms with Gasteiger partial charge in [-0.1, -0.05) is 24.3 Å². The first-order chi connectivity index (χ1) is 12.1. The van der Waals surface area contributed by atoms with E-state index in [9.17, 15) is 9.59 Å². The maximum Gasteiger partial charge on any atom is 0.230 e. The van der Waals surface area contributed by atoms with Gasteiger partial charge >= 0.3 is 0 Å². The van der Waals surface area contributed by atoms with Crippen LogP contribution >= 0.6 is 0 Å². The molecule has 0 bridgehead atoms.